The van der Waals surface area contributed by atoms with E-state index in [-0.39, 0.29) is 0 Å². The summed E-state index contributed by atoms with van der Waals surface area (Å²) in [5.41, 5.74) is 3.49. The first-order chi connectivity index (χ1) is 9.36. The Bertz CT molecular complexity index is 739. The summed E-state index contributed by atoms with van der Waals surface area (Å²) in [7, 11) is 0. The second-order valence-electron chi connectivity index (χ2n) is 4.16. The molecule has 0 aliphatic carbocycles. The van der Waals surface area contributed by atoms with Gasteiger partial charge in [-0.25, -0.2) is 0 Å². The van der Waals surface area contributed by atoms with Gasteiger partial charge >= 0.3 is 0 Å². The lowest BCUT2D eigenvalue weighted by Gasteiger charge is -2.02. The zero-order valence-corrected chi connectivity index (χ0v) is 10.1. The van der Waals surface area contributed by atoms with Crippen molar-refractivity contribution >= 4 is 17.1 Å². The highest BCUT2D eigenvalue weighted by atomic mass is 16.4. The summed E-state index contributed by atoms with van der Waals surface area (Å²) < 4.78 is 0. The molecule has 4 heteroatoms. The molecule has 0 radical (unpaired) electrons. The summed E-state index contributed by atoms with van der Waals surface area (Å²) in [6.45, 7) is 0. The van der Waals surface area contributed by atoms with Crippen molar-refractivity contribution in [3.8, 4) is 11.3 Å². The van der Waals surface area contributed by atoms with E-state index in [2.05, 4.69) is 15.4 Å². The maximum absolute atomic E-state index is 8.57. The van der Waals surface area contributed by atoms with E-state index in [1.807, 2.05) is 54.6 Å². The third-order valence-corrected chi connectivity index (χ3v) is 2.89. The van der Waals surface area contributed by atoms with Crippen LogP contribution in [0.25, 0.3) is 22.2 Å². The molecule has 0 aliphatic heterocycles. The molecule has 0 fully saturated rings. The van der Waals surface area contributed by atoms with Crippen LogP contribution < -0.4 is 0 Å². The van der Waals surface area contributed by atoms with Crippen LogP contribution in [0.4, 0.5) is 0 Å². The van der Waals surface area contributed by atoms with Crippen molar-refractivity contribution in [2.24, 2.45) is 5.16 Å². The van der Waals surface area contributed by atoms with Crippen LogP contribution in [0.15, 0.2) is 59.8 Å². The van der Waals surface area contributed by atoms with E-state index in [1.54, 1.807) is 0 Å². The number of oxime groups is 1. The molecule has 0 atom stereocenters. The van der Waals surface area contributed by atoms with Crippen molar-refractivity contribution in [2.45, 2.75) is 0 Å². The molecule has 0 saturated heterocycles. The molecule has 0 unspecified atom stereocenters. The van der Waals surface area contributed by atoms with Gasteiger partial charge in [0.2, 0.25) is 0 Å². The average molecular weight is 249 g/mol. The highest BCUT2D eigenvalue weighted by Crippen LogP contribution is 2.20. The Morgan fingerprint density at radius 2 is 1.79 bits per heavy atom. The van der Waals surface area contributed by atoms with E-state index in [0.717, 1.165) is 27.7 Å². The highest BCUT2D eigenvalue weighted by molar-refractivity contribution is 5.89. The molecule has 19 heavy (non-hydrogen) atoms. The zero-order valence-electron chi connectivity index (χ0n) is 10.1. The normalized spacial score (nSPS) is 11.2. The summed E-state index contributed by atoms with van der Waals surface area (Å²) in [5.74, 6) is 0. The van der Waals surface area contributed by atoms with Crippen molar-refractivity contribution in [1.82, 2.24) is 10.2 Å². The molecule has 1 N–H and O–H groups in total. The lowest BCUT2D eigenvalue weighted by atomic mass is 10.1. The molecular weight excluding hydrogens is 238 g/mol. The molecular formula is C15H11N3O. The van der Waals surface area contributed by atoms with Crippen LogP contribution in [0.2, 0.25) is 0 Å². The highest BCUT2D eigenvalue weighted by Gasteiger charge is 2.02. The van der Waals surface area contributed by atoms with Crippen molar-refractivity contribution in [1.29, 1.82) is 0 Å². The van der Waals surface area contributed by atoms with E-state index in [1.165, 1.54) is 6.21 Å². The van der Waals surface area contributed by atoms with Crippen molar-refractivity contribution in [3.05, 3.63) is 60.2 Å². The minimum absolute atomic E-state index is 0.815. The maximum Gasteiger partial charge on any atom is 0.0936 e. The van der Waals surface area contributed by atoms with Crippen molar-refractivity contribution in [3.63, 3.8) is 0 Å². The Kier molecular flexibility index (Phi) is 2.90. The SMILES string of the molecule is O/N=C/c1ccc2nnc(-c3ccccc3)cc2c1. The fraction of sp³-hybridized carbons (Fsp3) is 0. The standard InChI is InChI=1S/C15H11N3O/c19-16-10-11-6-7-14-13(8-11)9-15(18-17-14)12-4-2-1-3-5-12/h1-10,19H/b16-10+. The lowest BCUT2D eigenvalue weighted by molar-refractivity contribution is 0.322. The zero-order chi connectivity index (χ0) is 13.1. The van der Waals surface area contributed by atoms with Gasteiger partial charge in [-0.05, 0) is 23.8 Å². The van der Waals surface area contributed by atoms with Gasteiger partial charge in [-0.15, -0.1) is 10.2 Å². The fourth-order valence-electron chi connectivity index (χ4n) is 1.96. The number of hydrogen-bond donors (Lipinski definition) is 1. The molecule has 1 aromatic heterocycles. The Balaban J connectivity index is 2.14. The van der Waals surface area contributed by atoms with Gasteiger partial charge in [-0.2, -0.15) is 0 Å². The Morgan fingerprint density at radius 1 is 0.947 bits per heavy atom. The van der Waals surface area contributed by atoms with Crippen LogP contribution in [0.5, 0.6) is 0 Å². The molecule has 92 valence electrons. The number of aromatic nitrogens is 2. The van der Waals surface area contributed by atoms with Gasteiger partial charge in [0.05, 0.1) is 17.4 Å². The summed E-state index contributed by atoms with van der Waals surface area (Å²) in [6, 6.07) is 17.5. The van der Waals surface area contributed by atoms with Crippen LogP contribution in [-0.2, 0) is 0 Å². The summed E-state index contributed by atoms with van der Waals surface area (Å²) in [5, 5.41) is 21.0. The van der Waals surface area contributed by atoms with Gasteiger partial charge in [-0.1, -0.05) is 41.6 Å². The number of fused-ring (bicyclic) bond motifs is 1. The monoisotopic (exact) mass is 249 g/mol. The molecule has 4 nitrogen and oxygen atoms in total. The summed E-state index contributed by atoms with van der Waals surface area (Å²) in [4.78, 5) is 0. The van der Waals surface area contributed by atoms with Gasteiger partial charge in [0.1, 0.15) is 0 Å². The Labute approximate surface area is 110 Å². The van der Waals surface area contributed by atoms with Crippen LogP contribution >= 0.6 is 0 Å². The Hall–Kier alpha value is -2.75. The van der Waals surface area contributed by atoms with Gasteiger partial charge in [0.15, 0.2) is 0 Å². The summed E-state index contributed by atoms with van der Waals surface area (Å²) >= 11 is 0. The van der Waals surface area contributed by atoms with Gasteiger partial charge in [0, 0.05) is 10.9 Å². The van der Waals surface area contributed by atoms with Crippen LogP contribution in [0.1, 0.15) is 5.56 Å². The van der Waals surface area contributed by atoms with Crippen LogP contribution in [0, 0.1) is 0 Å². The number of benzene rings is 2. The topological polar surface area (TPSA) is 58.4 Å². The molecule has 0 bridgehead atoms. The largest absolute Gasteiger partial charge is 0.411 e. The second-order valence-corrected chi connectivity index (χ2v) is 4.16. The van der Waals surface area contributed by atoms with E-state index >= 15 is 0 Å². The number of nitrogens with zero attached hydrogens (tertiary/aromatic N) is 3. The quantitative estimate of drug-likeness (QED) is 0.431. The molecule has 1 heterocycles. The van der Waals surface area contributed by atoms with E-state index in [0.29, 0.717) is 0 Å². The molecule has 0 saturated carbocycles. The predicted octanol–water partition coefficient (Wildman–Crippen LogP) is 3.10. The molecule has 3 rings (SSSR count). The molecule has 3 aromatic rings. The van der Waals surface area contributed by atoms with Gasteiger partial charge in [0.25, 0.3) is 0 Å². The van der Waals surface area contributed by atoms with E-state index < -0.39 is 0 Å². The smallest absolute Gasteiger partial charge is 0.0936 e. The first-order valence-electron chi connectivity index (χ1n) is 5.87. The van der Waals surface area contributed by atoms with Crippen molar-refractivity contribution < 1.29 is 5.21 Å². The van der Waals surface area contributed by atoms with Crippen LogP contribution in [0.3, 0.4) is 0 Å². The fourth-order valence-corrected chi connectivity index (χ4v) is 1.96. The Morgan fingerprint density at radius 3 is 2.58 bits per heavy atom. The maximum atomic E-state index is 8.57. The van der Waals surface area contributed by atoms with Gasteiger partial charge in [-0.3, -0.25) is 0 Å². The summed E-state index contributed by atoms with van der Waals surface area (Å²) in [6.07, 6.45) is 1.39. The van der Waals surface area contributed by atoms with E-state index in [9.17, 15) is 0 Å². The first kappa shape index (κ1) is 11.3. The number of rotatable bonds is 2. The minimum Gasteiger partial charge on any atom is -0.411 e. The average Bonchev–Trinajstić information content (AvgIpc) is 2.48. The number of hydrogen-bond acceptors (Lipinski definition) is 4. The van der Waals surface area contributed by atoms with Crippen molar-refractivity contribution in [2.75, 3.05) is 0 Å². The molecule has 0 amide bonds. The third-order valence-electron chi connectivity index (χ3n) is 2.89. The molecule has 0 spiro atoms. The molecule has 2 aromatic carbocycles. The van der Waals surface area contributed by atoms with E-state index in [4.69, 9.17) is 5.21 Å². The third kappa shape index (κ3) is 2.28. The minimum atomic E-state index is 0.815. The molecule has 0 aliphatic rings. The predicted molar refractivity (Wildman–Crippen MR) is 74.4 cm³/mol. The van der Waals surface area contributed by atoms with Gasteiger partial charge < -0.3 is 5.21 Å². The first-order valence-corrected chi connectivity index (χ1v) is 5.87. The van der Waals surface area contributed by atoms with Crippen LogP contribution in [-0.4, -0.2) is 21.6 Å². The second kappa shape index (κ2) is 4.86. The lowest BCUT2D eigenvalue weighted by Crippen LogP contribution is -1.90.